The summed E-state index contributed by atoms with van der Waals surface area (Å²) in [6.45, 7) is 6.07. The number of nitrogens with two attached hydrogens (primary N) is 1. The Kier molecular flexibility index (Phi) is 4.55. The molecule has 2 aliphatic rings. The largest absolute Gasteiger partial charge is 0.328 e. The first-order chi connectivity index (χ1) is 7.74. The lowest BCUT2D eigenvalue weighted by molar-refractivity contribution is 0.115. The van der Waals surface area contributed by atoms with Gasteiger partial charge in [0.1, 0.15) is 6.17 Å². The number of rotatable bonds is 3. The van der Waals surface area contributed by atoms with Crippen LogP contribution in [0.15, 0.2) is 0 Å². The summed E-state index contributed by atoms with van der Waals surface area (Å²) in [5.74, 6) is 0. The third-order valence-corrected chi connectivity index (χ3v) is 3.81. The molecule has 0 spiro atoms. The summed E-state index contributed by atoms with van der Waals surface area (Å²) in [5, 5.41) is 0. The molecular weight excluding hydrogens is 205 g/mol. The third-order valence-electron chi connectivity index (χ3n) is 3.81. The maximum atomic E-state index is 13.2. The number of piperidine rings is 2. The molecule has 0 radical (unpaired) electrons. The van der Waals surface area contributed by atoms with Crippen molar-refractivity contribution in [1.29, 1.82) is 0 Å². The van der Waals surface area contributed by atoms with Gasteiger partial charge in [-0.3, -0.25) is 4.90 Å². The number of alkyl halides is 1. The summed E-state index contributed by atoms with van der Waals surface area (Å²) in [7, 11) is 0. The first-order valence-corrected chi connectivity index (χ1v) is 6.58. The second kappa shape index (κ2) is 5.94. The minimum absolute atomic E-state index is 0.404. The van der Waals surface area contributed by atoms with E-state index in [9.17, 15) is 4.39 Å². The quantitative estimate of drug-likeness (QED) is 0.778. The number of likely N-dealkylation sites (tertiary alicyclic amines) is 2. The zero-order chi connectivity index (χ0) is 11.4. The van der Waals surface area contributed by atoms with Crippen LogP contribution >= 0.6 is 0 Å². The standard InChI is InChI=1S/C12H24FN3/c13-11-2-1-5-16(10-11)9-8-15-6-3-12(14)4-7-15/h11-12H,1-10,14H2. The Hall–Kier alpha value is -0.190. The van der Waals surface area contributed by atoms with Crippen molar-refractivity contribution in [2.45, 2.75) is 37.9 Å². The molecule has 0 aromatic heterocycles. The molecule has 0 amide bonds. The lowest BCUT2D eigenvalue weighted by Gasteiger charge is -2.34. The van der Waals surface area contributed by atoms with Gasteiger partial charge in [-0.05, 0) is 45.3 Å². The molecule has 2 rings (SSSR count). The molecule has 94 valence electrons. The van der Waals surface area contributed by atoms with Crippen LogP contribution in [0.2, 0.25) is 0 Å². The average Bonchev–Trinajstić information content (AvgIpc) is 2.28. The van der Waals surface area contributed by atoms with E-state index < -0.39 is 6.17 Å². The molecule has 2 saturated heterocycles. The van der Waals surface area contributed by atoms with Crippen LogP contribution in [0, 0.1) is 0 Å². The molecule has 4 heteroatoms. The molecule has 3 nitrogen and oxygen atoms in total. The van der Waals surface area contributed by atoms with Gasteiger partial charge in [0.25, 0.3) is 0 Å². The van der Waals surface area contributed by atoms with Crippen molar-refractivity contribution < 1.29 is 4.39 Å². The molecule has 1 atom stereocenters. The first kappa shape index (κ1) is 12.3. The summed E-state index contributed by atoms with van der Waals surface area (Å²) < 4.78 is 13.2. The predicted octanol–water partition coefficient (Wildman–Crippen LogP) is 0.843. The fourth-order valence-electron chi connectivity index (χ4n) is 2.66. The highest BCUT2D eigenvalue weighted by atomic mass is 19.1. The normalized spacial score (nSPS) is 30.8. The van der Waals surface area contributed by atoms with Crippen molar-refractivity contribution >= 4 is 0 Å². The average molecular weight is 229 g/mol. The summed E-state index contributed by atoms with van der Waals surface area (Å²) in [4.78, 5) is 4.73. The maximum Gasteiger partial charge on any atom is 0.113 e. The van der Waals surface area contributed by atoms with Crippen LogP contribution in [0.25, 0.3) is 0 Å². The topological polar surface area (TPSA) is 32.5 Å². The van der Waals surface area contributed by atoms with Crippen molar-refractivity contribution in [2.24, 2.45) is 5.73 Å². The molecule has 0 aliphatic carbocycles. The molecule has 0 saturated carbocycles. The second-order valence-corrected chi connectivity index (χ2v) is 5.22. The molecule has 2 fully saturated rings. The number of hydrogen-bond acceptors (Lipinski definition) is 3. The Labute approximate surface area is 97.8 Å². The Bertz CT molecular complexity index is 204. The van der Waals surface area contributed by atoms with Gasteiger partial charge in [0, 0.05) is 25.7 Å². The van der Waals surface area contributed by atoms with Crippen LogP contribution in [0.5, 0.6) is 0 Å². The van der Waals surface area contributed by atoms with Crippen LogP contribution in [-0.4, -0.2) is 61.3 Å². The molecule has 1 unspecified atom stereocenters. The summed E-state index contributed by atoms with van der Waals surface area (Å²) in [6, 6.07) is 0.404. The van der Waals surface area contributed by atoms with Gasteiger partial charge in [-0.2, -0.15) is 0 Å². The van der Waals surface area contributed by atoms with E-state index in [2.05, 4.69) is 9.80 Å². The second-order valence-electron chi connectivity index (χ2n) is 5.22. The highest BCUT2D eigenvalue weighted by Gasteiger charge is 2.20. The van der Waals surface area contributed by atoms with Gasteiger partial charge in [0.15, 0.2) is 0 Å². The summed E-state index contributed by atoms with van der Waals surface area (Å²) >= 11 is 0. The smallest absolute Gasteiger partial charge is 0.113 e. The molecule has 2 aliphatic heterocycles. The van der Waals surface area contributed by atoms with Crippen LogP contribution < -0.4 is 5.73 Å². The van der Waals surface area contributed by atoms with Gasteiger partial charge in [-0.15, -0.1) is 0 Å². The molecular formula is C12H24FN3. The van der Waals surface area contributed by atoms with E-state index in [-0.39, 0.29) is 0 Å². The Morgan fingerprint density at radius 2 is 1.69 bits per heavy atom. The minimum atomic E-state index is -0.594. The molecule has 2 N–H and O–H groups in total. The summed E-state index contributed by atoms with van der Waals surface area (Å²) in [6.07, 6.45) is 3.42. The van der Waals surface area contributed by atoms with E-state index in [0.717, 1.165) is 58.4 Å². The highest BCUT2D eigenvalue weighted by Crippen LogP contribution is 2.13. The predicted molar refractivity (Wildman–Crippen MR) is 64.2 cm³/mol. The van der Waals surface area contributed by atoms with E-state index >= 15 is 0 Å². The molecule has 16 heavy (non-hydrogen) atoms. The Balaban J connectivity index is 1.63. The minimum Gasteiger partial charge on any atom is -0.328 e. The molecule has 0 aromatic carbocycles. The fourth-order valence-corrected chi connectivity index (χ4v) is 2.66. The zero-order valence-corrected chi connectivity index (χ0v) is 10.1. The number of halogens is 1. The summed E-state index contributed by atoms with van der Waals surface area (Å²) in [5.41, 5.74) is 5.87. The van der Waals surface area contributed by atoms with E-state index in [1.165, 1.54) is 0 Å². The van der Waals surface area contributed by atoms with E-state index in [1.807, 2.05) is 0 Å². The SMILES string of the molecule is NC1CCN(CCN2CCCC(F)C2)CC1. The van der Waals surface area contributed by atoms with Gasteiger partial charge in [-0.1, -0.05) is 0 Å². The van der Waals surface area contributed by atoms with Crippen molar-refractivity contribution in [3.8, 4) is 0 Å². The van der Waals surface area contributed by atoms with Crippen molar-refractivity contribution in [3.05, 3.63) is 0 Å². The van der Waals surface area contributed by atoms with Crippen LogP contribution in [0.3, 0.4) is 0 Å². The Morgan fingerprint density at radius 1 is 1.00 bits per heavy atom. The van der Waals surface area contributed by atoms with Crippen LogP contribution in [-0.2, 0) is 0 Å². The fraction of sp³-hybridized carbons (Fsp3) is 1.00. The lowest BCUT2D eigenvalue weighted by Crippen LogP contribution is -2.45. The van der Waals surface area contributed by atoms with Crippen molar-refractivity contribution in [2.75, 3.05) is 39.3 Å². The van der Waals surface area contributed by atoms with E-state index in [1.54, 1.807) is 0 Å². The van der Waals surface area contributed by atoms with Gasteiger partial charge in [-0.25, -0.2) is 4.39 Å². The molecule has 0 bridgehead atoms. The lowest BCUT2D eigenvalue weighted by atomic mass is 10.1. The molecule has 2 heterocycles. The van der Waals surface area contributed by atoms with Crippen molar-refractivity contribution in [3.63, 3.8) is 0 Å². The highest BCUT2D eigenvalue weighted by molar-refractivity contribution is 4.77. The number of hydrogen-bond donors (Lipinski definition) is 1. The van der Waals surface area contributed by atoms with Crippen LogP contribution in [0.1, 0.15) is 25.7 Å². The first-order valence-electron chi connectivity index (χ1n) is 6.58. The van der Waals surface area contributed by atoms with E-state index in [4.69, 9.17) is 5.73 Å². The van der Waals surface area contributed by atoms with E-state index in [0.29, 0.717) is 12.6 Å². The third kappa shape index (κ3) is 3.68. The van der Waals surface area contributed by atoms with Crippen molar-refractivity contribution in [1.82, 2.24) is 9.80 Å². The molecule has 0 aromatic rings. The monoisotopic (exact) mass is 229 g/mol. The van der Waals surface area contributed by atoms with Gasteiger partial charge >= 0.3 is 0 Å². The Morgan fingerprint density at radius 3 is 2.38 bits per heavy atom. The van der Waals surface area contributed by atoms with Crippen LogP contribution in [0.4, 0.5) is 4.39 Å². The van der Waals surface area contributed by atoms with Gasteiger partial charge in [0.05, 0.1) is 0 Å². The maximum absolute atomic E-state index is 13.2. The zero-order valence-electron chi connectivity index (χ0n) is 10.1. The van der Waals surface area contributed by atoms with Gasteiger partial charge < -0.3 is 10.6 Å². The van der Waals surface area contributed by atoms with Gasteiger partial charge in [0.2, 0.25) is 0 Å². The number of nitrogens with zero attached hydrogens (tertiary/aromatic N) is 2.